The van der Waals surface area contributed by atoms with Crippen LogP contribution in [0, 0.1) is 28.6 Å². The van der Waals surface area contributed by atoms with Crippen molar-refractivity contribution in [2.75, 3.05) is 5.88 Å². The Morgan fingerprint density at radius 2 is 1.97 bits per heavy atom. The van der Waals surface area contributed by atoms with E-state index in [9.17, 15) is 14.4 Å². The maximum atomic E-state index is 13.4. The fourth-order valence-electron chi connectivity index (χ4n) is 8.17. The second-order valence-electron chi connectivity index (χ2n) is 11.1. The second-order valence-corrected chi connectivity index (χ2v) is 11.3. The molecule has 4 aliphatic carbocycles. The van der Waals surface area contributed by atoms with Gasteiger partial charge in [-0.3, -0.25) is 14.4 Å². The van der Waals surface area contributed by atoms with Crippen LogP contribution in [0.1, 0.15) is 60.3 Å². The molecule has 34 heavy (non-hydrogen) atoms. The Morgan fingerprint density at radius 3 is 2.62 bits per heavy atom. The zero-order valence-corrected chi connectivity index (χ0v) is 21.2. The van der Waals surface area contributed by atoms with Gasteiger partial charge in [0.15, 0.2) is 11.4 Å². The molecule has 1 saturated heterocycles. The topological polar surface area (TPSA) is 82.2 Å². The molecule has 0 aromatic carbocycles. The number of halogens is 1. The molecule has 0 radical (unpaired) electrons. The van der Waals surface area contributed by atoms with Crippen molar-refractivity contribution in [2.24, 2.45) is 28.6 Å². The van der Waals surface area contributed by atoms with E-state index in [4.69, 9.17) is 25.8 Å². The molecular weight excluding hydrogens is 456 g/mol. The Morgan fingerprint density at radius 1 is 1.24 bits per heavy atom. The lowest BCUT2D eigenvalue weighted by atomic mass is 9.48. The van der Waals surface area contributed by atoms with E-state index in [2.05, 4.69) is 26.0 Å². The number of esters is 2. The van der Waals surface area contributed by atoms with E-state index < -0.39 is 11.0 Å². The lowest BCUT2D eigenvalue weighted by Gasteiger charge is -2.55. The third-order valence-electron chi connectivity index (χ3n) is 9.62. The van der Waals surface area contributed by atoms with E-state index in [0.29, 0.717) is 12.2 Å². The molecule has 1 heterocycles. The van der Waals surface area contributed by atoms with Crippen molar-refractivity contribution in [3.05, 3.63) is 35.6 Å². The average Bonchev–Trinajstić information content (AvgIpc) is 3.46. The third kappa shape index (κ3) is 2.76. The van der Waals surface area contributed by atoms with Gasteiger partial charge in [-0.15, -0.1) is 11.6 Å². The lowest BCUT2D eigenvalue weighted by Crippen LogP contribution is -2.63. The Balaban J connectivity index is 1.57. The number of rotatable bonds is 5. The van der Waals surface area contributed by atoms with Crippen LogP contribution < -0.4 is 0 Å². The predicted molar refractivity (Wildman–Crippen MR) is 126 cm³/mol. The summed E-state index contributed by atoms with van der Waals surface area (Å²) < 4.78 is 18.1. The number of allylic oxidation sites excluding steroid dienone is 3. The number of hydrogen-bond donors (Lipinski definition) is 0. The molecule has 6 nitrogen and oxygen atoms in total. The quantitative estimate of drug-likeness (QED) is 0.318. The van der Waals surface area contributed by atoms with E-state index in [1.54, 1.807) is 6.92 Å². The standard InChI is InChI=1S/C27H33ClO6/c1-6-23(31)34-26(21(30)14-28)15(2)11-20-19-8-7-17-12-18(32-16(3)29)9-10-24(17,4)27(19)22(33-27)13-25(20,26)5/h7,9-10,12,15,19-20,22H,6,8,11,13-14H2,1-5H3/t15-,19-,20-,22-,24-,25-,26-,27+/m0/s1. The van der Waals surface area contributed by atoms with Crippen LogP contribution >= 0.6 is 11.6 Å². The summed E-state index contributed by atoms with van der Waals surface area (Å²) in [6.45, 7) is 9.47. The van der Waals surface area contributed by atoms with E-state index in [-0.39, 0.29) is 64.9 Å². The fraction of sp³-hybridized carbons (Fsp3) is 0.667. The Hall–Kier alpha value is -1.92. The van der Waals surface area contributed by atoms with Crippen molar-refractivity contribution in [2.45, 2.75) is 77.6 Å². The fourth-order valence-corrected chi connectivity index (χ4v) is 8.37. The number of hydrogen-bond acceptors (Lipinski definition) is 6. The minimum Gasteiger partial charge on any atom is -0.450 e. The zero-order valence-electron chi connectivity index (χ0n) is 20.5. The van der Waals surface area contributed by atoms with E-state index in [1.165, 1.54) is 6.92 Å². The highest BCUT2D eigenvalue weighted by atomic mass is 35.5. The maximum Gasteiger partial charge on any atom is 0.308 e. The highest BCUT2D eigenvalue weighted by molar-refractivity contribution is 6.29. The van der Waals surface area contributed by atoms with Gasteiger partial charge in [-0.2, -0.15) is 0 Å². The van der Waals surface area contributed by atoms with Crippen LogP contribution in [0.3, 0.4) is 0 Å². The van der Waals surface area contributed by atoms with Gasteiger partial charge in [-0.25, -0.2) is 0 Å². The number of epoxide rings is 1. The second kappa shape index (κ2) is 7.54. The maximum absolute atomic E-state index is 13.4. The molecule has 0 amide bonds. The molecule has 7 heteroatoms. The largest absolute Gasteiger partial charge is 0.450 e. The monoisotopic (exact) mass is 488 g/mol. The number of carbonyl (C=O) groups excluding carboxylic acids is 3. The minimum absolute atomic E-state index is 0.0612. The Labute approximate surface area is 205 Å². The molecule has 0 unspecified atom stereocenters. The van der Waals surface area contributed by atoms with Gasteiger partial charge in [-0.05, 0) is 55.7 Å². The van der Waals surface area contributed by atoms with Gasteiger partial charge in [0.25, 0.3) is 0 Å². The normalized spacial score (nSPS) is 45.6. The molecule has 0 aromatic heterocycles. The predicted octanol–water partition coefficient (Wildman–Crippen LogP) is 4.66. The molecular formula is C27H33ClO6. The van der Waals surface area contributed by atoms with Crippen LogP contribution in [-0.4, -0.2) is 40.9 Å². The summed E-state index contributed by atoms with van der Waals surface area (Å²) in [6, 6.07) is 0. The highest BCUT2D eigenvalue weighted by Crippen LogP contribution is 2.76. The third-order valence-corrected chi connectivity index (χ3v) is 9.86. The molecule has 0 N–H and O–H groups in total. The first-order chi connectivity index (χ1) is 16.0. The summed E-state index contributed by atoms with van der Waals surface area (Å²) in [5.74, 6) is -0.373. The van der Waals surface area contributed by atoms with Crippen molar-refractivity contribution in [3.8, 4) is 0 Å². The summed E-state index contributed by atoms with van der Waals surface area (Å²) in [5.41, 5.74) is -1.45. The number of ketones is 1. The van der Waals surface area contributed by atoms with Gasteiger partial charge in [-0.1, -0.05) is 32.9 Å². The summed E-state index contributed by atoms with van der Waals surface area (Å²) in [5, 5.41) is 0. The minimum atomic E-state index is -1.24. The van der Waals surface area contributed by atoms with E-state index in [1.807, 2.05) is 19.1 Å². The van der Waals surface area contributed by atoms with Gasteiger partial charge >= 0.3 is 11.9 Å². The molecule has 3 fully saturated rings. The van der Waals surface area contributed by atoms with Crippen molar-refractivity contribution >= 4 is 29.3 Å². The molecule has 1 spiro atoms. The number of alkyl halides is 1. The van der Waals surface area contributed by atoms with Crippen LogP contribution in [0.15, 0.2) is 35.6 Å². The van der Waals surface area contributed by atoms with Crippen LogP contribution in [0.5, 0.6) is 0 Å². The van der Waals surface area contributed by atoms with Crippen LogP contribution in [0.2, 0.25) is 0 Å². The Kier molecular flexibility index (Phi) is 5.28. The molecule has 0 bridgehead atoms. The number of fused-ring (bicyclic) bond motifs is 3. The Bertz CT molecular complexity index is 1060. The summed E-state index contributed by atoms with van der Waals surface area (Å²) in [7, 11) is 0. The number of ether oxygens (including phenoxy) is 3. The zero-order chi connectivity index (χ0) is 24.7. The lowest BCUT2D eigenvalue weighted by molar-refractivity contribution is -0.190. The summed E-state index contributed by atoms with van der Waals surface area (Å²) >= 11 is 6.12. The van der Waals surface area contributed by atoms with Crippen molar-refractivity contribution in [3.63, 3.8) is 0 Å². The molecule has 2 saturated carbocycles. The first-order valence-electron chi connectivity index (χ1n) is 12.3. The van der Waals surface area contributed by atoms with Crippen LogP contribution in [-0.2, 0) is 28.6 Å². The first kappa shape index (κ1) is 23.8. The number of carbonyl (C=O) groups is 3. The first-order valence-corrected chi connectivity index (χ1v) is 12.8. The molecule has 184 valence electrons. The van der Waals surface area contributed by atoms with Crippen molar-refractivity contribution in [1.82, 2.24) is 0 Å². The molecule has 1 aliphatic heterocycles. The van der Waals surface area contributed by atoms with E-state index in [0.717, 1.165) is 18.4 Å². The van der Waals surface area contributed by atoms with Gasteiger partial charge in [0.1, 0.15) is 11.4 Å². The molecule has 5 rings (SSSR count). The van der Waals surface area contributed by atoms with E-state index >= 15 is 0 Å². The van der Waals surface area contributed by atoms with Crippen LogP contribution in [0.25, 0.3) is 0 Å². The van der Waals surface area contributed by atoms with Gasteiger partial charge < -0.3 is 14.2 Å². The molecule has 5 aliphatic rings. The van der Waals surface area contributed by atoms with Crippen molar-refractivity contribution < 1.29 is 28.6 Å². The number of Topliss-reactive ketones (excluding diaryl/α,β-unsaturated/α-hetero) is 1. The SMILES string of the molecule is CCC(=O)O[C@]1(C(=O)CCl)[C@@H](C)C[C@H]2[C@@H]3CC=C4C=C(OC(C)=O)C=C[C@]4(C)[C@@]34O[C@H]4C[C@@]21C. The average molecular weight is 489 g/mol. The summed E-state index contributed by atoms with van der Waals surface area (Å²) in [6.07, 6.45) is 10.5. The molecule has 0 aromatic rings. The molecule has 8 atom stereocenters. The van der Waals surface area contributed by atoms with Crippen molar-refractivity contribution in [1.29, 1.82) is 0 Å². The van der Waals surface area contributed by atoms with Gasteiger partial charge in [0.05, 0.1) is 12.0 Å². The van der Waals surface area contributed by atoms with Crippen LogP contribution in [0.4, 0.5) is 0 Å². The van der Waals surface area contributed by atoms with Gasteiger partial charge in [0, 0.05) is 30.1 Å². The van der Waals surface area contributed by atoms with Gasteiger partial charge in [0.2, 0.25) is 0 Å². The smallest absolute Gasteiger partial charge is 0.308 e. The highest BCUT2D eigenvalue weighted by Gasteiger charge is 2.82. The summed E-state index contributed by atoms with van der Waals surface area (Å²) in [4.78, 5) is 37.5.